The highest BCUT2D eigenvalue weighted by molar-refractivity contribution is 9.10. The van der Waals surface area contributed by atoms with Crippen LogP contribution in [0.25, 0.3) is 11.3 Å². The van der Waals surface area contributed by atoms with Crippen molar-refractivity contribution in [2.45, 2.75) is 25.2 Å². The van der Waals surface area contributed by atoms with Crippen LogP contribution in [0, 0.1) is 0 Å². The summed E-state index contributed by atoms with van der Waals surface area (Å²) in [5.74, 6) is 0.744. The topological polar surface area (TPSA) is 90.4 Å². The van der Waals surface area contributed by atoms with Crippen molar-refractivity contribution in [1.29, 1.82) is 0 Å². The Kier molecular flexibility index (Phi) is 7.28. The standard InChI is InChI=1S/C21H22BrN3O4S/c1-3-12-29-21-11-9-18(23-24-21)15-6-5-7-17(13-15)25-30(26,27)20-14-16(22)8-10-19(20)28-4-2/h5-11,13-14,25H,3-4,12H2,1-2H3. The average molecular weight is 492 g/mol. The van der Waals surface area contributed by atoms with Crippen LogP contribution >= 0.6 is 15.9 Å². The molecule has 1 heterocycles. The molecule has 0 atom stereocenters. The molecule has 1 N–H and O–H groups in total. The number of nitrogens with one attached hydrogen (secondary N) is 1. The third-order valence-electron chi connectivity index (χ3n) is 4.00. The Hall–Kier alpha value is -2.65. The summed E-state index contributed by atoms with van der Waals surface area (Å²) in [5, 5.41) is 8.22. The quantitative estimate of drug-likeness (QED) is 0.457. The highest BCUT2D eigenvalue weighted by Gasteiger charge is 2.20. The molecule has 0 aliphatic rings. The first-order chi connectivity index (χ1) is 14.4. The maximum atomic E-state index is 13.0. The second kappa shape index (κ2) is 9.90. The minimum Gasteiger partial charge on any atom is -0.492 e. The van der Waals surface area contributed by atoms with Gasteiger partial charge >= 0.3 is 0 Å². The Labute approximate surface area is 184 Å². The molecule has 0 saturated heterocycles. The highest BCUT2D eigenvalue weighted by Crippen LogP contribution is 2.30. The lowest BCUT2D eigenvalue weighted by molar-refractivity contribution is 0.302. The predicted molar refractivity (Wildman–Crippen MR) is 119 cm³/mol. The van der Waals surface area contributed by atoms with Gasteiger partial charge in [0.1, 0.15) is 10.6 Å². The second-order valence-corrected chi connectivity index (χ2v) is 8.88. The Bertz CT molecular complexity index is 1110. The molecule has 30 heavy (non-hydrogen) atoms. The lowest BCUT2D eigenvalue weighted by atomic mass is 10.1. The molecule has 0 saturated carbocycles. The number of hydrogen-bond donors (Lipinski definition) is 1. The molecule has 0 aliphatic carbocycles. The van der Waals surface area contributed by atoms with Crippen molar-refractivity contribution < 1.29 is 17.9 Å². The Morgan fingerprint density at radius 1 is 1.00 bits per heavy atom. The summed E-state index contributed by atoms with van der Waals surface area (Å²) >= 11 is 3.32. The zero-order valence-electron chi connectivity index (χ0n) is 16.6. The van der Waals surface area contributed by atoms with Gasteiger partial charge in [0.25, 0.3) is 10.0 Å². The first kappa shape index (κ1) is 22.0. The van der Waals surface area contributed by atoms with Gasteiger partial charge < -0.3 is 9.47 Å². The van der Waals surface area contributed by atoms with Crippen molar-refractivity contribution in [1.82, 2.24) is 10.2 Å². The van der Waals surface area contributed by atoms with Crippen molar-refractivity contribution in [2.75, 3.05) is 17.9 Å². The van der Waals surface area contributed by atoms with E-state index in [1.165, 1.54) is 6.07 Å². The Balaban J connectivity index is 1.85. The van der Waals surface area contributed by atoms with E-state index < -0.39 is 10.0 Å². The lowest BCUT2D eigenvalue weighted by Gasteiger charge is -2.13. The molecule has 9 heteroatoms. The summed E-state index contributed by atoms with van der Waals surface area (Å²) < 4.78 is 40.1. The van der Waals surface area contributed by atoms with E-state index in [1.54, 1.807) is 49.4 Å². The molecular weight excluding hydrogens is 470 g/mol. The van der Waals surface area contributed by atoms with Crippen LogP contribution in [0.2, 0.25) is 0 Å². The van der Waals surface area contributed by atoms with E-state index in [0.717, 1.165) is 12.0 Å². The zero-order valence-corrected chi connectivity index (χ0v) is 19.0. The van der Waals surface area contributed by atoms with Crippen LogP contribution in [0.1, 0.15) is 20.3 Å². The molecule has 158 valence electrons. The highest BCUT2D eigenvalue weighted by atomic mass is 79.9. The van der Waals surface area contributed by atoms with Crippen LogP contribution in [-0.4, -0.2) is 31.8 Å². The van der Waals surface area contributed by atoms with Gasteiger partial charge in [-0.25, -0.2) is 8.42 Å². The van der Waals surface area contributed by atoms with Gasteiger partial charge in [-0.05, 0) is 49.7 Å². The molecule has 0 fully saturated rings. The summed E-state index contributed by atoms with van der Waals surface area (Å²) in [4.78, 5) is 0.0568. The van der Waals surface area contributed by atoms with Gasteiger partial charge in [-0.1, -0.05) is 35.0 Å². The Morgan fingerprint density at radius 2 is 1.83 bits per heavy atom. The molecule has 0 bridgehead atoms. The van der Waals surface area contributed by atoms with Crippen LogP contribution < -0.4 is 14.2 Å². The van der Waals surface area contributed by atoms with E-state index in [1.807, 2.05) is 13.0 Å². The molecule has 2 aromatic carbocycles. The van der Waals surface area contributed by atoms with Crippen molar-refractivity contribution in [2.24, 2.45) is 0 Å². The minimum absolute atomic E-state index is 0.0568. The number of nitrogens with zero attached hydrogens (tertiary/aromatic N) is 2. The fourth-order valence-corrected chi connectivity index (χ4v) is 4.41. The van der Waals surface area contributed by atoms with Crippen LogP contribution in [0.3, 0.4) is 0 Å². The Morgan fingerprint density at radius 3 is 2.53 bits per heavy atom. The monoisotopic (exact) mass is 491 g/mol. The lowest BCUT2D eigenvalue weighted by Crippen LogP contribution is -2.14. The smallest absolute Gasteiger partial charge is 0.265 e. The maximum Gasteiger partial charge on any atom is 0.265 e. The molecule has 0 amide bonds. The summed E-state index contributed by atoms with van der Waals surface area (Å²) in [6, 6.07) is 15.3. The van der Waals surface area contributed by atoms with Gasteiger partial charge in [-0.3, -0.25) is 4.72 Å². The van der Waals surface area contributed by atoms with Gasteiger partial charge in [0.2, 0.25) is 5.88 Å². The summed E-state index contributed by atoms with van der Waals surface area (Å²) in [7, 11) is -3.87. The van der Waals surface area contributed by atoms with Crippen molar-refractivity contribution in [3.8, 4) is 22.9 Å². The van der Waals surface area contributed by atoms with Gasteiger partial charge in [-0.2, -0.15) is 0 Å². The molecular formula is C21H22BrN3O4S. The number of aromatic nitrogens is 2. The van der Waals surface area contributed by atoms with Crippen LogP contribution in [-0.2, 0) is 10.0 Å². The fraction of sp³-hybridized carbons (Fsp3) is 0.238. The number of benzene rings is 2. The van der Waals surface area contributed by atoms with Crippen LogP contribution in [0.4, 0.5) is 5.69 Å². The van der Waals surface area contributed by atoms with Gasteiger partial charge in [0.05, 0.1) is 18.9 Å². The predicted octanol–water partition coefficient (Wildman–Crippen LogP) is 4.89. The number of halogens is 1. The number of anilines is 1. The van der Waals surface area contributed by atoms with Crippen LogP contribution in [0.15, 0.2) is 64.0 Å². The van der Waals surface area contributed by atoms with E-state index in [9.17, 15) is 8.42 Å². The number of hydrogen-bond acceptors (Lipinski definition) is 6. The van der Waals surface area contributed by atoms with Crippen LogP contribution in [0.5, 0.6) is 11.6 Å². The van der Waals surface area contributed by atoms with Gasteiger partial charge in [0, 0.05) is 21.8 Å². The third kappa shape index (κ3) is 5.48. The first-order valence-electron chi connectivity index (χ1n) is 9.45. The maximum absolute atomic E-state index is 13.0. The minimum atomic E-state index is -3.87. The second-order valence-electron chi connectivity index (χ2n) is 6.32. The molecule has 0 radical (unpaired) electrons. The molecule has 7 nitrogen and oxygen atoms in total. The largest absolute Gasteiger partial charge is 0.492 e. The van der Waals surface area contributed by atoms with E-state index >= 15 is 0 Å². The summed E-state index contributed by atoms with van der Waals surface area (Å²) in [5.41, 5.74) is 1.74. The van der Waals surface area contributed by atoms with Gasteiger partial charge in [0.15, 0.2) is 0 Å². The van der Waals surface area contributed by atoms with Crippen molar-refractivity contribution in [3.05, 3.63) is 59.1 Å². The third-order valence-corrected chi connectivity index (χ3v) is 5.90. The molecule has 0 unspecified atom stereocenters. The van der Waals surface area contributed by atoms with Crippen molar-refractivity contribution in [3.63, 3.8) is 0 Å². The fourth-order valence-electron chi connectivity index (χ4n) is 2.68. The number of rotatable bonds is 9. The summed E-state index contributed by atoms with van der Waals surface area (Å²) in [6.45, 7) is 4.75. The molecule has 3 aromatic rings. The van der Waals surface area contributed by atoms with Gasteiger partial charge in [-0.15, -0.1) is 10.2 Å². The number of ether oxygens (including phenoxy) is 2. The number of sulfonamides is 1. The van der Waals surface area contributed by atoms with Crippen molar-refractivity contribution >= 4 is 31.6 Å². The SMILES string of the molecule is CCCOc1ccc(-c2cccc(NS(=O)(=O)c3cc(Br)ccc3OCC)c2)nn1. The van der Waals surface area contributed by atoms with E-state index in [0.29, 0.717) is 34.9 Å². The molecule has 0 spiro atoms. The zero-order chi connectivity index (χ0) is 21.6. The van der Waals surface area contributed by atoms with E-state index in [-0.39, 0.29) is 10.6 Å². The normalized spacial score (nSPS) is 11.2. The van der Waals surface area contributed by atoms with E-state index in [4.69, 9.17) is 9.47 Å². The first-order valence-corrected chi connectivity index (χ1v) is 11.7. The summed E-state index contributed by atoms with van der Waals surface area (Å²) in [6.07, 6.45) is 0.884. The molecule has 3 rings (SSSR count). The van der Waals surface area contributed by atoms with E-state index in [2.05, 4.69) is 30.8 Å². The average Bonchev–Trinajstić information content (AvgIpc) is 2.74. The molecule has 0 aliphatic heterocycles. The molecule has 1 aromatic heterocycles.